The van der Waals surface area contributed by atoms with Gasteiger partial charge >= 0.3 is 5.97 Å². The van der Waals surface area contributed by atoms with Crippen molar-refractivity contribution in [2.24, 2.45) is 0 Å². The van der Waals surface area contributed by atoms with Gasteiger partial charge in [-0.2, -0.15) is 0 Å². The molecule has 2 aromatic rings. The molecule has 0 fully saturated rings. The first-order valence-corrected chi connectivity index (χ1v) is 11.7. The molecule has 0 spiro atoms. The van der Waals surface area contributed by atoms with Crippen molar-refractivity contribution < 1.29 is 32.3 Å². The fraction of sp³-hybridized carbons (Fsp3) is 0.333. The minimum atomic E-state index is -3.51. The Bertz CT molecular complexity index is 1200. The lowest BCUT2D eigenvalue weighted by Gasteiger charge is -2.24. The van der Waals surface area contributed by atoms with Crippen LogP contribution < -0.4 is 0 Å². The third-order valence-corrected chi connectivity index (χ3v) is 6.90. The van der Waals surface area contributed by atoms with Crippen molar-refractivity contribution in [2.75, 3.05) is 0 Å². The van der Waals surface area contributed by atoms with Crippen LogP contribution >= 0.6 is 0 Å². The van der Waals surface area contributed by atoms with Gasteiger partial charge in [-0.15, -0.1) is 0 Å². The molecule has 32 heavy (non-hydrogen) atoms. The number of benzene rings is 2. The summed E-state index contributed by atoms with van der Waals surface area (Å²) in [5.74, 6) is -1.61. The number of rotatable bonds is 10. The molecule has 8 heteroatoms. The fourth-order valence-corrected chi connectivity index (χ4v) is 4.83. The molecule has 0 unspecified atom stereocenters. The Balaban J connectivity index is 1.65. The molecule has 0 atom stereocenters. The summed E-state index contributed by atoms with van der Waals surface area (Å²) in [5.41, 5.74) is -0.419. The normalized spacial score (nSPS) is 13.7. The van der Waals surface area contributed by atoms with Gasteiger partial charge in [0.05, 0.1) is 16.2 Å². The van der Waals surface area contributed by atoms with E-state index in [1.807, 2.05) is 6.92 Å². The second-order valence-electron chi connectivity index (χ2n) is 8.37. The molecule has 0 N–H and O–H groups in total. The number of fused-ring (bicyclic) bond motifs is 2. The van der Waals surface area contributed by atoms with Gasteiger partial charge in [-0.3, -0.25) is 19.2 Å². The van der Waals surface area contributed by atoms with E-state index in [1.54, 1.807) is 13.8 Å². The quantitative estimate of drug-likeness (QED) is 0.260. The first kappa shape index (κ1) is 23.5. The molecule has 4 rings (SSSR count). The summed E-state index contributed by atoms with van der Waals surface area (Å²) in [6.45, 7) is 5.03. The molecule has 2 aliphatic heterocycles. The van der Waals surface area contributed by atoms with Gasteiger partial charge in [0.25, 0.3) is 0 Å². The molecule has 2 aliphatic rings. The number of hydrogen-bond acceptors (Lipinski definition) is 7. The van der Waals surface area contributed by atoms with Crippen LogP contribution in [0.15, 0.2) is 52.3 Å². The smallest absolute Gasteiger partial charge is 0.313 e. The van der Waals surface area contributed by atoms with Gasteiger partial charge in [-0.25, -0.2) is 8.42 Å². The van der Waals surface area contributed by atoms with Crippen LogP contribution in [0.25, 0.3) is 0 Å². The molecule has 7 nitrogen and oxygen atoms in total. The lowest BCUT2D eigenvalue weighted by atomic mass is 9.95. The van der Waals surface area contributed by atoms with Gasteiger partial charge < -0.3 is 4.74 Å². The fourth-order valence-electron chi connectivity index (χ4n) is 3.51. The van der Waals surface area contributed by atoms with E-state index in [4.69, 9.17) is 4.74 Å². The van der Waals surface area contributed by atoms with Crippen LogP contribution in [0.5, 0.6) is 0 Å². The molecule has 168 valence electrons. The van der Waals surface area contributed by atoms with Crippen LogP contribution in [-0.2, 0) is 24.2 Å². The van der Waals surface area contributed by atoms with E-state index in [-0.39, 0.29) is 45.3 Å². The first-order chi connectivity index (χ1) is 14.9. The van der Waals surface area contributed by atoms with Gasteiger partial charge in [0.2, 0.25) is 9.84 Å². The molecule has 0 aliphatic carbocycles. The minimum Gasteiger partial charge on any atom is -0.459 e. The first-order valence-electron chi connectivity index (χ1n) is 10.3. The lowest BCUT2D eigenvalue weighted by Crippen LogP contribution is -2.31. The number of ketones is 3. The number of carbonyl (C=O) groups is 4. The summed E-state index contributed by atoms with van der Waals surface area (Å²) in [5, 5.41) is 0. The van der Waals surface area contributed by atoms with E-state index >= 15 is 0 Å². The summed E-state index contributed by atoms with van der Waals surface area (Å²) in [7, 11) is -3.51. The Morgan fingerprint density at radius 2 is 1.56 bits per heavy atom. The van der Waals surface area contributed by atoms with Gasteiger partial charge in [0, 0.05) is 23.1 Å². The Hall–Kier alpha value is -3.13. The van der Waals surface area contributed by atoms with Crippen molar-refractivity contribution in [3.63, 3.8) is 0 Å². The zero-order valence-corrected chi connectivity index (χ0v) is 19.0. The predicted octanol–water partition coefficient (Wildman–Crippen LogP) is 3.72. The van der Waals surface area contributed by atoms with Crippen molar-refractivity contribution in [1.29, 1.82) is 0 Å². The number of sulfone groups is 1. The lowest BCUT2D eigenvalue weighted by molar-refractivity contribution is -0.157. The number of Topliss-reactive ketones (excluding diaryl/α,β-unsaturated/α-hetero) is 2. The number of carbonyl (C=O) groups excluding carboxylic acids is 4. The van der Waals surface area contributed by atoms with Gasteiger partial charge in [0.1, 0.15) is 17.8 Å². The van der Waals surface area contributed by atoms with Crippen LogP contribution in [0.1, 0.15) is 72.7 Å². The van der Waals surface area contributed by atoms with Crippen molar-refractivity contribution in [1.82, 2.24) is 0 Å². The molecule has 0 saturated carbocycles. The maximum Gasteiger partial charge on any atom is 0.313 e. The Labute approximate surface area is 186 Å². The largest absolute Gasteiger partial charge is 0.459 e. The molecule has 2 bridgehead atoms. The van der Waals surface area contributed by atoms with Gasteiger partial charge in [-0.05, 0) is 38.5 Å². The van der Waals surface area contributed by atoms with E-state index in [1.165, 1.54) is 42.5 Å². The highest BCUT2D eigenvalue weighted by Gasteiger charge is 2.34. The molecule has 2 heterocycles. The maximum atomic E-state index is 12.7. The topological polar surface area (TPSA) is 112 Å². The van der Waals surface area contributed by atoms with Crippen LogP contribution in [0.3, 0.4) is 0 Å². The number of esters is 1. The zero-order valence-electron chi connectivity index (χ0n) is 18.1. The second kappa shape index (κ2) is 8.78. The van der Waals surface area contributed by atoms with E-state index in [2.05, 4.69) is 0 Å². The predicted molar refractivity (Wildman–Crippen MR) is 115 cm³/mol. The Morgan fingerprint density at radius 1 is 0.938 bits per heavy atom. The minimum absolute atomic E-state index is 0.0149. The highest BCUT2D eigenvalue weighted by Crippen LogP contribution is 2.36. The standard InChI is InChI=1S/C24H24O7S/c1-4-5-17(25)12-22(27)31-24(2,3)14-20(26)15-6-8-16(9-7-15)23(28)19-11-10-18-13-21(19)32(18,29)30/h6-11,13H,4-5,12,14H2,1-3H3. The maximum absolute atomic E-state index is 12.7. The molecule has 0 aromatic heterocycles. The monoisotopic (exact) mass is 456 g/mol. The van der Waals surface area contributed by atoms with E-state index < -0.39 is 27.2 Å². The Morgan fingerprint density at radius 3 is 2.12 bits per heavy atom. The third-order valence-electron chi connectivity index (χ3n) is 5.11. The summed E-state index contributed by atoms with van der Waals surface area (Å²) >= 11 is 0. The average Bonchev–Trinajstić information content (AvgIpc) is 2.72. The summed E-state index contributed by atoms with van der Waals surface area (Å²) in [6.07, 6.45) is 0.533. The van der Waals surface area contributed by atoms with E-state index in [0.717, 1.165) is 0 Å². The molecule has 0 saturated heterocycles. The summed E-state index contributed by atoms with van der Waals surface area (Å²) in [6, 6.07) is 10.2. The van der Waals surface area contributed by atoms with Crippen molar-refractivity contribution >= 4 is 33.2 Å². The molecular formula is C24H24O7S. The molecular weight excluding hydrogens is 432 g/mol. The average molecular weight is 457 g/mol. The van der Waals surface area contributed by atoms with E-state index in [0.29, 0.717) is 18.4 Å². The number of hydrogen-bond donors (Lipinski definition) is 0. The molecule has 2 aromatic carbocycles. The van der Waals surface area contributed by atoms with Crippen molar-refractivity contribution in [3.8, 4) is 0 Å². The number of ether oxygens (including phenoxy) is 1. The van der Waals surface area contributed by atoms with Crippen molar-refractivity contribution in [2.45, 2.75) is 61.8 Å². The Kier molecular flexibility index (Phi) is 6.46. The highest BCUT2D eigenvalue weighted by molar-refractivity contribution is 7.92. The van der Waals surface area contributed by atoms with Crippen LogP contribution in [-0.4, -0.2) is 37.3 Å². The molecule has 0 amide bonds. The van der Waals surface area contributed by atoms with Gasteiger partial charge in [-0.1, -0.05) is 31.2 Å². The third kappa shape index (κ3) is 4.85. The SMILES string of the molecule is CCCC(=O)CC(=O)OC(C)(C)CC(=O)c1ccc(C(=O)c2ccc3cc2S3(=O)=O)cc1. The van der Waals surface area contributed by atoms with Crippen molar-refractivity contribution in [3.05, 3.63) is 59.2 Å². The summed E-state index contributed by atoms with van der Waals surface area (Å²) < 4.78 is 29.3. The second-order valence-corrected chi connectivity index (χ2v) is 10.3. The van der Waals surface area contributed by atoms with Crippen LogP contribution in [0.4, 0.5) is 0 Å². The molecule has 0 radical (unpaired) electrons. The van der Waals surface area contributed by atoms with Crippen LogP contribution in [0.2, 0.25) is 0 Å². The van der Waals surface area contributed by atoms with Gasteiger partial charge in [0.15, 0.2) is 11.6 Å². The zero-order chi connectivity index (χ0) is 23.7. The van der Waals surface area contributed by atoms with Crippen LogP contribution in [0, 0.1) is 0 Å². The highest BCUT2D eigenvalue weighted by atomic mass is 32.2. The summed E-state index contributed by atoms with van der Waals surface area (Å²) in [4.78, 5) is 49.1. The van der Waals surface area contributed by atoms with E-state index in [9.17, 15) is 27.6 Å².